The molecule has 37 heavy (non-hydrogen) atoms. The quantitative estimate of drug-likeness (QED) is 0.240. The minimum Gasteiger partial charge on any atom is -0.497 e. The fourth-order valence-electron chi connectivity index (χ4n) is 4.32. The zero-order valence-electron chi connectivity index (χ0n) is 21.6. The van der Waals surface area contributed by atoms with Crippen LogP contribution in [-0.2, 0) is 24.2 Å². The van der Waals surface area contributed by atoms with Crippen molar-refractivity contribution in [3.05, 3.63) is 84.2 Å². The van der Waals surface area contributed by atoms with Gasteiger partial charge >= 0.3 is 0 Å². The van der Waals surface area contributed by atoms with Gasteiger partial charge in [0.1, 0.15) is 29.7 Å². The molecule has 1 aromatic heterocycles. The van der Waals surface area contributed by atoms with Gasteiger partial charge in [-0.1, -0.05) is 36.8 Å². The van der Waals surface area contributed by atoms with Crippen LogP contribution in [0, 0.1) is 0 Å². The summed E-state index contributed by atoms with van der Waals surface area (Å²) in [6.07, 6.45) is 4.23. The molecule has 0 atom stereocenters. The summed E-state index contributed by atoms with van der Waals surface area (Å²) in [5.41, 5.74) is 3.11. The number of amides is 1. The summed E-state index contributed by atoms with van der Waals surface area (Å²) in [6, 6.07) is 23.5. The third-order valence-corrected chi connectivity index (χ3v) is 6.28. The van der Waals surface area contributed by atoms with E-state index in [9.17, 15) is 4.79 Å². The van der Waals surface area contributed by atoms with Gasteiger partial charge in [0.05, 0.1) is 38.2 Å². The average Bonchev–Trinajstić information content (AvgIpc) is 3.28. The van der Waals surface area contributed by atoms with Crippen LogP contribution < -0.4 is 19.5 Å². The summed E-state index contributed by atoms with van der Waals surface area (Å²) >= 11 is 0. The number of hydrogen-bond acceptors (Lipinski definition) is 5. The smallest absolute Gasteiger partial charge is 0.224 e. The van der Waals surface area contributed by atoms with E-state index in [1.165, 1.54) is 0 Å². The van der Waals surface area contributed by atoms with Crippen LogP contribution in [0.1, 0.15) is 30.7 Å². The Morgan fingerprint density at radius 3 is 2.46 bits per heavy atom. The van der Waals surface area contributed by atoms with Crippen molar-refractivity contribution < 1.29 is 19.0 Å². The molecule has 1 N–H and O–H groups in total. The number of aromatic nitrogens is 2. The molecule has 194 valence electrons. The number of carbonyl (C=O) groups is 1. The van der Waals surface area contributed by atoms with E-state index >= 15 is 0 Å². The highest BCUT2D eigenvalue weighted by Gasteiger charge is 2.11. The Bertz CT molecular complexity index is 1280. The number of nitrogens with one attached hydrogen (secondary N) is 1. The van der Waals surface area contributed by atoms with E-state index in [0.717, 1.165) is 65.4 Å². The SMILES string of the molecule is COc1ccc(CC(=O)NCCCCCc2nc3ccccc3n2CCOc2cccc(OC)c2)cc1. The molecule has 4 aromatic rings. The zero-order valence-corrected chi connectivity index (χ0v) is 21.6. The molecule has 0 aliphatic heterocycles. The van der Waals surface area contributed by atoms with Gasteiger partial charge in [-0.2, -0.15) is 0 Å². The highest BCUT2D eigenvalue weighted by Crippen LogP contribution is 2.21. The Morgan fingerprint density at radius 2 is 1.65 bits per heavy atom. The largest absolute Gasteiger partial charge is 0.497 e. The third kappa shape index (κ3) is 7.49. The molecule has 4 rings (SSSR count). The number of ether oxygens (including phenoxy) is 3. The molecule has 0 spiro atoms. The molecule has 0 saturated heterocycles. The normalized spacial score (nSPS) is 10.9. The van der Waals surface area contributed by atoms with E-state index in [-0.39, 0.29) is 5.91 Å². The van der Waals surface area contributed by atoms with Crippen LogP contribution in [0.3, 0.4) is 0 Å². The number of fused-ring (bicyclic) bond motifs is 1. The summed E-state index contributed by atoms with van der Waals surface area (Å²) in [7, 11) is 3.29. The monoisotopic (exact) mass is 501 g/mol. The second kappa shape index (κ2) is 13.3. The van der Waals surface area contributed by atoms with Gasteiger partial charge in [-0.15, -0.1) is 0 Å². The first-order valence-electron chi connectivity index (χ1n) is 12.8. The minimum absolute atomic E-state index is 0.0444. The minimum atomic E-state index is 0.0444. The number of imidazole rings is 1. The van der Waals surface area contributed by atoms with Gasteiger partial charge < -0.3 is 24.1 Å². The van der Waals surface area contributed by atoms with Crippen molar-refractivity contribution in [1.82, 2.24) is 14.9 Å². The number of rotatable bonds is 14. The lowest BCUT2D eigenvalue weighted by Gasteiger charge is -2.12. The topological polar surface area (TPSA) is 74.6 Å². The third-order valence-electron chi connectivity index (χ3n) is 6.28. The first-order chi connectivity index (χ1) is 18.2. The molecule has 0 saturated carbocycles. The first kappa shape index (κ1) is 26.1. The summed E-state index contributed by atoms with van der Waals surface area (Å²) in [6.45, 7) is 1.94. The van der Waals surface area contributed by atoms with Gasteiger partial charge in [0, 0.05) is 19.0 Å². The van der Waals surface area contributed by atoms with E-state index in [2.05, 4.69) is 22.0 Å². The average molecular weight is 502 g/mol. The second-order valence-electron chi connectivity index (χ2n) is 8.88. The van der Waals surface area contributed by atoms with E-state index in [1.54, 1.807) is 14.2 Å². The van der Waals surface area contributed by atoms with E-state index < -0.39 is 0 Å². The fraction of sp³-hybridized carbons (Fsp3) is 0.333. The lowest BCUT2D eigenvalue weighted by atomic mass is 10.1. The van der Waals surface area contributed by atoms with Crippen LogP contribution in [0.25, 0.3) is 11.0 Å². The van der Waals surface area contributed by atoms with Crippen molar-refractivity contribution in [2.24, 2.45) is 0 Å². The van der Waals surface area contributed by atoms with Crippen LogP contribution in [-0.4, -0.2) is 42.8 Å². The summed E-state index contributed by atoms with van der Waals surface area (Å²) in [5, 5.41) is 3.03. The molecule has 1 heterocycles. The number of aryl methyl sites for hydroxylation is 1. The van der Waals surface area contributed by atoms with Crippen molar-refractivity contribution >= 4 is 16.9 Å². The maximum Gasteiger partial charge on any atom is 0.224 e. The first-order valence-corrected chi connectivity index (χ1v) is 12.8. The summed E-state index contributed by atoms with van der Waals surface area (Å²) in [5.74, 6) is 3.48. The Morgan fingerprint density at radius 1 is 0.865 bits per heavy atom. The molecule has 7 nitrogen and oxygen atoms in total. The van der Waals surface area contributed by atoms with E-state index in [4.69, 9.17) is 19.2 Å². The standard InChI is InChI=1S/C30H35N3O4/c1-35-24-16-14-23(15-17-24)21-30(34)31-18-7-3-4-13-29-32-27-11-5-6-12-28(27)33(29)19-20-37-26-10-8-9-25(22-26)36-2/h5-6,8-12,14-17,22H,3-4,7,13,18-21H2,1-2H3,(H,31,34). The molecular weight excluding hydrogens is 466 g/mol. The highest BCUT2D eigenvalue weighted by molar-refractivity contribution is 5.78. The predicted molar refractivity (Wildman–Crippen MR) is 145 cm³/mol. The maximum atomic E-state index is 12.2. The van der Waals surface area contributed by atoms with Gasteiger partial charge in [-0.3, -0.25) is 4.79 Å². The molecule has 0 aliphatic rings. The molecular formula is C30H35N3O4. The van der Waals surface area contributed by atoms with Gasteiger partial charge in [0.25, 0.3) is 0 Å². The molecule has 3 aromatic carbocycles. The number of unbranched alkanes of at least 4 members (excludes halogenated alkanes) is 2. The van der Waals surface area contributed by atoms with E-state index in [1.807, 2.05) is 60.7 Å². The van der Waals surface area contributed by atoms with Crippen molar-refractivity contribution in [3.8, 4) is 17.2 Å². The predicted octanol–water partition coefficient (Wildman–Crippen LogP) is 5.20. The fourth-order valence-corrected chi connectivity index (χ4v) is 4.32. The van der Waals surface area contributed by atoms with Crippen LogP contribution in [0.15, 0.2) is 72.8 Å². The highest BCUT2D eigenvalue weighted by atomic mass is 16.5. The lowest BCUT2D eigenvalue weighted by molar-refractivity contribution is -0.120. The maximum absolute atomic E-state index is 12.2. The molecule has 7 heteroatoms. The number of benzene rings is 3. The molecule has 0 aliphatic carbocycles. The Labute approximate surface area is 218 Å². The molecule has 0 fully saturated rings. The van der Waals surface area contributed by atoms with Crippen LogP contribution in [0.4, 0.5) is 0 Å². The molecule has 0 unspecified atom stereocenters. The zero-order chi connectivity index (χ0) is 25.9. The van der Waals surface area contributed by atoms with Crippen LogP contribution >= 0.6 is 0 Å². The second-order valence-corrected chi connectivity index (χ2v) is 8.88. The Hall–Kier alpha value is -4.00. The van der Waals surface area contributed by atoms with Crippen LogP contribution in [0.2, 0.25) is 0 Å². The van der Waals surface area contributed by atoms with E-state index in [0.29, 0.717) is 26.1 Å². The van der Waals surface area contributed by atoms with Crippen molar-refractivity contribution in [2.75, 3.05) is 27.4 Å². The van der Waals surface area contributed by atoms with Crippen molar-refractivity contribution in [3.63, 3.8) is 0 Å². The van der Waals surface area contributed by atoms with Gasteiger partial charge in [-0.05, 0) is 54.8 Å². The lowest BCUT2D eigenvalue weighted by Crippen LogP contribution is -2.26. The number of hydrogen-bond donors (Lipinski definition) is 1. The van der Waals surface area contributed by atoms with Gasteiger partial charge in [0.15, 0.2) is 0 Å². The number of carbonyl (C=O) groups excluding carboxylic acids is 1. The summed E-state index contributed by atoms with van der Waals surface area (Å²) < 4.78 is 18.7. The Kier molecular flexibility index (Phi) is 9.41. The van der Waals surface area contributed by atoms with Crippen molar-refractivity contribution in [1.29, 1.82) is 0 Å². The molecule has 0 radical (unpaired) electrons. The molecule has 0 bridgehead atoms. The number of nitrogens with zero attached hydrogens (tertiary/aromatic N) is 2. The summed E-state index contributed by atoms with van der Waals surface area (Å²) in [4.78, 5) is 17.1. The van der Waals surface area contributed by atoms with Crippen LogP contribution in [0.5, 0.6) is 17.2 Å². The van der Waals surface area contributed by atoms with Gasteiger partial charge in [0.2, 0.25) is 5.91 Å². The molecule has 1 amide bonds. The number of methoxy groups -OCH3 is 2. The van der Waals surface area contributed by atoms with Crippen molar-refractivity contribution in [2.45, 2.75) is 38.6 Å². The number of para-hydroxylation sites is 2. The Balaban J connectivity index is 1.22. The van der Waals surface area contributed by atoms with Gasteiger partial charge in [-0.25, -0.2) is 4.98 Å².